The van der Waals surface area contributed by atoms with E-state index in [9.17, 15) is 0 Å². The molecule has 0 bridgehead atoms. The van der Waals surface area contributed by atoms with Crippen molar-refractivity contribution in [2.75, 3.05) is 0 Å². The molecule has 61 valence electrons. The fraction of sp³-hybridized carbons (Fsp3) is 0.500. The van der Waals surface area contributed by atoms with E-state index in [1.54, 1.807) is 28.0 Å². The Kier molecular flexibility index (Phi) is 7.32. The molecule has 0 heterocycles. The minimum Gasteiger partial charge on any atom is -1.00 e. The summed E-state index contributed by atoms with van der Waals surface area (Å²) in [6, 6.07) is 0. The van der Waals surface area contributed by atoms with E-state index >= 15 is 0 Å². The van der Waals surface area contributed by atoms with Crippen LogP contribution in [-0.2, 0) is 24.7 Å². The molecular weight excluding hydrogens is 258 g/mol. The summed E-state index contributed by atoms with van der Waals surface area (Å²) in [4.78, 5) is 0. The van der Waals surface area contributed by atoms with Gasteiger partial charge in [-0.2, -0.15) is 0 Å². The molecule has 0 spiro atoms. The number of hydrogen-bond donors (Lipinski definition) is 0. The van der Waals surface area contributed by atoms with Crippen LogP contribution in [0.15, 0.2) is 20.5 Å². The molecule has 0 saturated carbocycles. The van der Waals surface area contributed by atoms with Crippen LogP contribution >= 0.6 is 0 Å². The standard InChI is InChI=1S/C8H11.2ClH.Zr/c1-6-4-7(2)8(3)5-6;;;/h4,8H,1-3H3;2*1H;/q;;;+2/p-2. The van der Waals surface area contributed by atoms with Crippen molar-refractivity contribution >= 4 is 0 Å². The van der Waals surface area contributed by atoms with Crippen molar-refractivity contribution in [2.24, 2.45) is 5.92 Å². The zero-order valence-electron chi connectivity index (χ0n) is 6.91. The van der Waals surface area contributed by atoms with Crippen LogP contribution in [0.5, 0.6) is 0 Å². The van der Waals surface area contributed by atoms with Gasteiger partial charge >= 0.3 is 71.9 Å². The molecule has 0 saturated heterocycles. The van der Waals surface area contributed by atoms with Gasteiger partial charge < -0.3 is 24.8 Å². The molecule has 3 heteroatoms. The van der Waals surface area contributed by atoms with E-state index in [0.29, 0.717) is 0 Å². The molecule has 0 radical (unpaired) electrons. The average molecular weight is 269 g/mol. The fourth-order valence-corrected chi connectivity index (χ4v) is 1.85. The molecule has 0 aromatic heterocycles. The third-order valence-corrected chi connectivity index (χ3v) is 4.02. The van der Waals surface area contributed by atoms with Gasteiger partial charge in [0.25, 0.3) is 0 Å². The van der Waals surface area contributed by atoms with Crippen LogP contribution in [0.3, 0.4) is 0 Å². The Bertz CT molecular complexity index is 194. The first-order chi connectivity index (χ1) is 4.13. The first-order valence-corrected chi connectivity index (χ1v) is 4.46. The molecule has 0 amide bonds. The topological polar surface area (TPSA) is 0 Å². The quantitative estimate of drug-likeness (QED) is 0.426. The van der Waals surface area contributed by atoms with Crippen LogP contribution in [0, 0.1) is 5.92 Å². The number of halogens is 2. The Morgan fingerprint density at radius 3 is 1.82 bits per heavy atom. The van der Waals surface area contributed by atoms with Gasteiger partial charge in [-0.15, -0.1) is 0 Å². The average Bonchev–Trinajstić information content (AvgIpc) is 1.98. The molecule has 0 aliphatic heterocycles. The van der Waals surface area contributed by atoms with Gasteiger partial charge in [0.1, 0.15) is 0 Å². The van der Waals surface area contributed by atoms with E-state index < -0.39 is 0 Å². The molecule has 1 rings (SSSR count). The second-order valence-corrected chi connectivity index (χ2v) is 4.03. The van der Waals surface area contributed by atoms with E-state index in [0.717, 1.165) is 5.92 Å². The summed E-state index contributed by atoms with van der Waals surface area (Å²) in [5, 5.41) is 0. The molecule has 11 heavy (non-hydrogen) atoms. The summed E-state index contributed by atoms with van der Waals surface area (Å²) in [5.41, 5.74) is 3.03. The first-order valence-electron chi connectivity index (χ1n) is 3.23. The summed E-state index contributed by atoms with van der Waals surface area (Å²) in [7, 11) is 0. The minimum atomic E-state index is 0. The van der Waals surface area contributed by atoms with Gasteiger partial charge in [0, 0.05) is 0 Å². The molecule has 1 unspecified atom stereocenters. The van der Waals surface area contributed by atoms with E-state index in [4.69, 9.17) is 0 Å². The van der Waals surface area contributed by atoms with Gasteiger partial charge in [-0.05, 0) is 0 Å². The van der Waals surface area contributed by atoms with Crippen molar-refractivity contribution < 1.29 is 49.5 Å². The fourth-order valence-electron chi connectivity index (χ4n) is 1.11. The van der Waals surface area contributed by atoms with E-state index in [1.165, 1.54) is 11.1 Å². The van der Waals surface area contributed by atoms with E-state index in [-0.39, 0.29) is 24.8 Å². The molecule has 1 aliphatic carbocycles. The maximum Gasteiger partial charge on any atom is -1.00 e. The largest absolute Gasteiger partial charge is 1.00 e. The van der Waals surface area contributed by atoms with Gasteiger partial charge in [-0.1, -0.05) is 0 Å². The van der Waals surface area contributed by atoms with Gasteiger partial charge in [0.05, 0.1) is 0 Å². The monoisotopic (exact) mass is 267 g/mol. The maximum atomic E-state index is 2.30. The van der Waals surface area contributed by atoms with Crippen LogP contribution in [0.25, 0.3) is 0 Å². The molecular formula is C8H11Cl2Zr. The normalized spacial score (nSPS) is 22.3. The maximum absolute atomic E-state index is 2.30. The van der Waals surface area contributed by atoms with Crippen molar-refractivity contribution in [1.29, 1.82) is 0 Å². The Morgan fingerprint density at radius 2 is 1.73 bits per heavy atom. The zero-order chi connectivity index (χ0) is 7.02. The third kappa shape index (κ3) is 3.05. The van der Waals surface area contributed by atoms with E-state index in [2.05, 4.69) is 26.8 Å². The molecule has 0 fully saturated rings. The van der Waals surface area contributed by atoms with Crippen LogP contribution in [0.1, 0.15) is 20.8 Å². The zero-order valence-corrected chi connectivity index (χ0v) is 10.9. The van der Waals surface area contributed by atoms with Gasteiger partial charge in [-0.25, -0.2) is 0 Å². The van der Waals surface area contributed by atoms with Gasteiger partial charge in [-0.3, -0.25) is 0 Å². The molecule has 0 nitrogen and oxygen atoms in total. The van der Waals surface area contributed by atoms with Crippen molar-refractivity contribution in [3.8, 4) is 0 Å². The second kappa shape index (κ2) is 5.57. The SMILES string of the molecule is CC1=CC(C)=[C]([Zr+2])C1C.[Cl-].[Cl-]. The Balaban J connectivity index is 0. The van der Waals surface area contributed by atoms with Crippen molar-refractivity contribution in [2.45, 2.75) is 20.8 Å². The Morgan fingerprint density at radius 1 is 1.27 bits per heavy atom. The van der Waals surface area contributed by atoms with E-state index in [1.807, 2.05) is 0 Å². The first kappa shape index (κ1) is 14.5. The van der Waals surface area contributed by atoms with Crippen molar-refractivity contribution in [3.63, 3.8) is 0 Å². The smallest absolute Gasteiger partial charge is 1.00 e. The Labute approximate surface area is 96.2 Å². The molecule has 1 atom stereocenters. The second-order valence-electron chi connectivity index (χ2n) is 2.71. The third-order valence-electron chi connectivity index (χ3n) is 1.99. The number of rotatable bonds is 0. The molecule has 0 aromatic rings. The Hall–Kier alpha value is 0.943. The summed E-state index contributed by atoms with van der Waals surface area (Å²) in [6.07, 6.45) is 2.30. The molecule has 1 aliphatic rings. The van der Waals surface area contributed by atoms with Crippen LogP contribution in [-0.4, -0.2) is 0 Å². The molecule has 0 aromatic carbocycles. The van der Waals surface area contributed by atoms with Crippen molar-refractivity contribution in [1.82, 2.24) is 0 Å². The van der Waals surface area contributed by atoms with Gasteiger partial charge in [0.15, 0.2) is 0 Å². The van der Waals surface area contributed by atoms with Crippen LogP contribution < -0.4 is 24.8 Å². The predicted molar refractivity (Wildman–Crippen MR) is 35.6 cm³/mol. The minimum absolute atomic E-state index is 0. The van der Waals surface area contributed by atoms with Crippen LogP contribution in [0.4, 0.5) is 0 Å². The molecule has 0 N–H and O–H groups in total. The van der Waals surface area contributed by atoms with Gasteiger partial charge in [0.2, 0.25) is 0 Å². The summed E-state index contributed by atoms with van der Waals surface area (Å²) in [6.45, 7) is 6.70. The number of allylic oxidation sites excluding steroid dienone is 4. The summed E-state index contributed by atoms with van der Waals surface area (Å²) >= 11 is 1.58. The number of hydrogen-bond acceptors (Lipinski definition) is 0. The predicted octanol–water partition coefficient (Wildman–Crippen LogP) is -3.59. The van der Waals surface area contributed by atoms with Crippen LogP contribution in [0.2, 0.25) is 0 Å². The summed E-state index contributed by atoms with van der Waals surface area (Å²) < 4.78 is 1.62. The summed E-state index contributed by atoms with van der Waals surface area (Å²) in [5.74, 6) is 0.739. The van der Waals surface area contributed by atoms with Crippen molar-refractivity contribution in [3.05, 3.63) is 20.5 Å².